The van der Waals surface area contributed by atoms with Crippen molar-refractivity contribution in [2.45, 2.75) is 32.9 Å². The molecule has 0 saturated carbocycles. The largest absolute Gasteiger partial charge is 0.467 e. The van der Waals surface area contributed by atoms with Crippen LogP contribution in [0.25, 0.3) is 0 Å². The van der Waals surface area contributed by atoms with E-state index in [4.69, 9.17) is 9.15 Å². The lowest BCUT2D eigenvalue weighted by Crippen LogP contribution is -2.50. The Morgan fingerprint density at radius 1 is 1.43 bits per heavy atom. The molecule has 118 valence electrons. The fraction of sp³-hybridized carbons (Fsp3) is 0.571. The molecule has 0 fully saturated rings. The fourth-order valence-electron chi connectivity index (χ4n) is 1.72. The zero-order valence-corrected chi connectivity index (χ0v) is 12.5. The second kappa shape index (κ2) is 8.31. The summed E-state index contributed by atoms with van der Waals surface area (Å²) in [5, 5.41) is 14.9. The van der Waals surface area contributed by atoms with Crippen LogP contribution in [0.3, 0.4) is 0 Å². The second-order valence-corrected chi connectivity index (χ2v) is 4.86. The lowest BCUT2D eigenvalue weighted by atomic mass is 10.0. The molecule has 0 bridgehead atoms. The number of hydrogen-bond donors (Lipinski definition) is 3. The number of amides is 2. The van der Waals surface area contributed by atoms with E-state index in [2.05, 4.69) is 10.6 Å². The van der Waals surface area contributed by atoms with E-state index in [9.17, 15) is 14.7 Å². The molecule has 0 aliphatic carbocycles. The average Bonchev–Trinajstić information content (AvgIpc) is 2.96. The molecule has 2 unspecified atom stereocenters. The van der Waals surface area contributed by atoms with Crippen LogP contribution < -0.4 is 10.6 Å². The monoisotopic (exact) mass is 298 g/mol. The predicted octanol–water partition coefficient (Wildman–Crippen LogP) is 1.20. The summed E-state index contributed by atoms with van der Waals surface area (Å²) >= 11 is 0. The SMILES string of the molecule is CCOC(=O)NC(C(=O)NCC(O)c1ccco1)C(C)C. The summed E-state index contributed by atoms with van der Waals surface area (Å²) in [5.41, 5.74) is 0. The number of hydrogen-bond acceptors (Lipinski definition) is 5. The topological polar surface area (TPSA) is 101 Å². The van der Waals surface area contributed by atoms with Crippen molar-refractivity contribution >= 4 is 12.0 Å². The molecule has 0 saturated heterocycles. The lowest BCUT2D eigenvalue weighted by Gasteiger charge is -2.21. The molecule has 21 heavy (non-hydrogen) atoms. The molecule has 1 aromatic heterocycles. The molecule has 2 atom stereocenters. The maximum atomic E-state index is 12.1. The van der Waals surface area contributed by atoms with Crippen LogP contribution in [0.15, 0.2) is 22.8 Å². The van der Waals surface area contributed by atoms with Gasteiger partial charge in [0, 0.05) is 0 Å². The Hall–Kier alpha value is -2.02. The third-order valence-corrected chi connectivity index (χ3v) is 2.84. The number of ether oxygens (including phenoxy) is 1. The number of furan rings is 1. The van der Waals surface area contributed by atoms with Gasteiger partial charge in [-0.05, 0) is 25.0 Å². The second-order valence-electron chi connectivity index (χ2n) is 4.86. The smallest absolute Gasteiger partial charge is 0.407 e. The minimum absolute atomic E-state index is 0.0000715. The van der Waals surface area contributed by atoms with E-state index in [0.29, 0.717) is 5.76 Å². The van der Waals surface area contributed by atoms with Crippen LogP contribution in [0.1, 0.15) is 32.6 Å². The number of carbonyl (C=O) groups excluding carboxylic acids is 2. The van der Waals surface area contributed by atoms with Crippen LogP contribution in [-0.2, 0) is 9.53 Å². The molecule has 3 N–H and O–H groups in total. The van der Waals surface area contributed by atoms with Crippen molar-refractivity contribution in [3.63, 3.8) is 0 Å². The first-order chi connectivity index (χ1) is 9.95. The quantitative estimate of drug-likeness (QED) is 0.702. The molecular formula is C14H22N2O5. The minimum Gasteiger partial charge on any atom is -0.467 e. The van der Waals surface area contributed by atoms with Gasteiger partial charge in [0.15, 0.2) is 0 Å². The zero-order chi connectivity index (χ0) is 15.8. The maximum absolute atomic E-state index is 12.1. The highest BCUT2D eigenvalue weighted by atomic mass is 16.5. The van der Waals surface area contributed by atoms with Crippen LogP contribution in [0, 0.1) is 5.92 Å². The average molecular weight is 298 g/mol. The van der Waals surface area contributed by atoms with Crippen molar-refractivity contribution in [2.24, 2.45) is 5.92 Å². The molecule has 1 heterocycles. The minimum atomic E-state index is -0.931. The Morgan fingerprint density at radius 3 is 2.67 bits per heavy atom. The molecule has 0 aliphatic rings. The Bertz CT molecular complexity index is 444. The fourth-order valence-corrected chi connectivity index (χ4v) is 1.72. The standard InChI is InChI=1S/C14H22N2O5/c1-4-20-14(19)16-12(9(2)3)13(18)15-8-10(17)11-6-5-7-21-11/h5-7,9-10,12,17H,4,8H2,1-3H3,(H,15,18)(H,16,19). The van der Waals surface area contributed by atoms with Crippen molar-refractivity contribution in [2.75, 3.05) is 13.2 Å². The van der Waals surface area contributed by atoms with Gasteiger partial charge in [-0.25, -0.2) is 4.79 Å². The van der Waals surface area contributed by atoms with Crippen molar-refractivity contribution in [3.8, 4) is 0 Å². The Balaban J connectivity index is 2.51. The molecule has 0 aliphatic heterocycles. The van der Waals surface area contributed by atoms with Gasteiger partial charge in [-0.3, -0.25) is 4.79 Å². The van der Waals surface area contributed by atoms with Crippen molar-refractivity contribution < 1.29 is 23.8 Å². The Morgan fingerprint density at radius 2 is 2.14 bits per heavy atom. The van der Waals surface area contributed by atoms with E-state index in [1.165, 1.54) is 6.26 Å². The van der Waals surface area contributed by atoms with Gasteiger partial charge in [0.2, 0.25) is 5.91 Å². The van der Waals surface area contributed by atoms with Crippen molar-refractivity contribution in [1.29, 1.82) is 0 Å². The van der Waals surface area contributed by atoms with Crippen molar-refractivity contribution in [1.82, 2.24) is 10.6 Å². The van der Waals surface area contributed by atoms with Gasteiger partial charge in [0.25, 0.3) is 0 Å². The van der Waals surface area contributed by atoms with E-state index in [0.717, 1.165) is 0 Å². The van der Waals surface area contributed by atoms with Crippen LogP contribution in [0.4, 0.5) is 4.79 Å². The molecule has 7 heteroatoms. The number of carbonyl (C=O) groups is 2. The summed E-state index contributed by atoms with van der Waals surface area (Å²) in [6, 6.07) is 2.54. The first kappa shape index (κ1) is 17.0. The molecule has 0 aromatic carbocycles. The van der Waals surface area contributed by atoms with Crippen LogP contribution in [-0.4, -0.2) is 36.3 Å². The van der Waals surface area contributed by atoms with E-state index in [1.54, 1.807) is 32.9 Å². The van der Waals surface area contributed by atoms with Gasteiger partial charge in [-0.15, -0.1) is 0 Å². The molecule has 0 radical (unpaired) electrons. The first-order valence-corrected chi connectivity index (χ1v) is 6.88. The van der Waals surface area contributed by atoms with E-state index in [1.807, 2.05) is 0 Å². The first-order valence-electron chi connectivity index (χ1n) is 6.88. The van der Waals surface area contributed by atoms with Gasteiger partial charge in [0.1, 0.15) is 17.9 Å². The molecular weight excluding hydrogens is 276 g/mol. The summed E-state index contributed by atoms with van der Waals surface area (Å²) < 4.78 is 9.80. The van der Waals surface area contributed by atoms with E-state index in [-0.39, 0.29) is 25.0 Å². The number of rotatable bonds is 7. The molecule has 1 rings (SSSR count). The predicted molar refractivity (Wildman–Crippen MR) is 75.5 cm³/mol. The van der Waals surface area contributed by atoms with Gasteiger partial charge in [0.05, 0.1) is 19.4 Å². The summed E-state index contributed by atoms with van der Waals surface area (Å²) in [6.07, 6.45) is -0.128. The van der Waals surface area contributed by atoms with Gasteiger partial charge < -0.3 is 24.9 Å². The van der Waals surface area contributed by atoms with Crippen molar-refractivity contribution in [3.05, 3.63) is 24.2 Å². The molecule has 0 spiro atoms. The molecule has 1 aromatic rings. The number of aliphatic hydroxyl groups excluding tert-OH is 1. The number of nitrogens with one attached hydrogen (secondary N) is 2. The molecule has 2 amide bonds. The summed E-state index contributed by atoms with van der Waals surface area (Å²) in [6.45, 7) is 5.53. The van der Waals surface area contributed by atoms with Crippen LogP contribution in [0.5, 0.6) is 0 Å². The van der Waals surface area contributed by atoms with Gasteiger partial charge in [-0.2, -0.15) is 0 Å². The third-order valence-electron chi connectivity index (χ3n) is 2.84. The highest BCUT2D eigenvalue weighted by Crippen LogP contribution is 2.12. The summed E-state index contributed by atoms with van der Waals surface area (Å²) in [7, 11) is 0. The van der Waals surface area contributed by atoms with Crippen LogP contribution >= 0.6 is 0 Å². The Labute approximate surface area is 123 Å². The van der Waals surface area contributed by atoms with Crippen LogP contribution in [0.2, 0.25) is 0 Å². The third kappa shape index (κ3) is 5.47. The normalized spacial score (nSPS) is 13.6. The lowest BCUT2D eigenvalue weighted by molar-refractivity contribution is -0.124. The molecule has 7 nitrogen and oxygen atoms in total. The van der Waals surface area contributed by atoms with E-state index < -0.39 is 18.2 Å². The highest BCUT2D eigenvalue weighted by molar-refractivity contribution is 5.85. The van der Waals surface area contributed by atoms with Gasteiger partial charge in [-0.1, -0.05) is 13.8 Å². The van der Waals surface area contributed by atoms with Gasteiger partial charge >= 0.3 is 6.09 Å². The highest BCUT2D eigenvalue weighted by Gasteiger charge is 2.25. The summed E-state index contributed by atoms with van der Waals surface area (Å²) in [4.78, 5) is 23.5. The number of alkyl carbamates (subject to hydrolysis) is 1. The Kier molecular flexibility index (Phi) is 6.74. The zero-order valence-electron chi connectivity index (χ0n) is 12.5. The number of aliphatic hydroxyl groups is 1. The maximum Gasteiger partial charge on any atom is 0.407 e. The summed E-state index contributed by atoms with van der Waals surface area (Å²) in [5.74, 6) is -0.131. The van der Waals surface area contributed by atoms with E-state index >= 15 is 0 Å².